The first kappa shape index (κ1) is 26.8. The summed E-state index contributed by atoms with van der Waals surface area (Å²) in [6, 6.07) is 15.2. The molecule has 1 atom stereocenters. The van der Waals surface area contributed by atoms with E-state index in [4.69, 9.17) is 9.47 Å². The average Bonchev–Trinajstić information content (AvgIpc) is 3.39. The number of benzene rings is 2. The van der Waals surface area contributed by atoms with Gasteiger partial charge in [0, 0.05) is 30.6 Å². The van der Waals surface area contributed by atoms with Crippen LogP contribution in [0, 0.1) is 5.82 Å². The van der Waals surface area contributed by atoms with Crippen molar-refractivity contribution in [1.82, 2.24) is 9.80 Å². The third-order valence-electron chi connectivity index (χ3n) is 6.64. The highest BCUT2D eigenvalue weighted by Crippen LogP contribution is 2.34. The normalized spacial score (nSPS) is 14.9. The number of rotatable bonds is 10. The van der Waals surface area contributed by atoms with Crippen LogP contribution in [0.15, 0.2) is 60.0 Å². The molecule has 1 aromatic heterocycles. The molecule has 37 heavy (non-hydrogen) atoms. The molecular weight excluding hydrogens is 491 g/mol. The number of carbonyl (C=O) groups excluding carboxylic acids is 2. The Hall–Kier alpha value is -3.23. The predicted molar refractivity (Wildman–Crippen MR) is 143 cm³/mol. The first-order valence-corrected chi connectivity index (χ1v) is 13.4. The van der Waals surface area contributed by atoms with Crippen LogP contribution in [0.4, 0.5) is 4.39 Å². The maximum absolute atomic E-state index is 13.6. The molecule has 2 heterocycles. The smallest absolute Gasteiger partial charge is 0.254 e. The standard InChI is InChI=1S/C29H33FN2O4S/c1-20(2)21-6-10-24(11-7-21)36-19-26-25-13-17-37-27(25)12-14-32(26)28(33)18-31(15-16-35-3)29(34)22-4-8-23(30)9-5-22/h4-11,13,17,20,26H,12,14-16,18-19H2,1-3H3/t26-/m1/s1. The second-order valence-corrected chi connectivity index (χ2v) is 10.4. The monoisotopic (exact) mass is 524 g/mol. The van der Waals surface area contributed by atoms with Gasteiger partial charge in [0.1, 0.15) is 24.7 Å². The summed E-state index contributed by atoms with van der Waals surface area (Å²) in [4.78, 5) is 31.3. The Bertz CT molecular complexity index is 1190. The van der Waals surface area contributed by atoms with E-state index in [2.05, 4.69) is 32.0 Å². The van der Waals surface area contributed by atoms with Gasteiger partial charge >= 0.3 is 0 Å². The van der Waals surface area contributed by atoms with Gasteiger partial charge in [-0.25, -0.2) is 4.39 Å². The Morgan fingerprint density at radius 2 is 1.84 bits per heavy atom. The van der Waals surface area contributed by atoms with Gasteiger partial charge in [-0.2, -0.15) is 0 Å². The lowest BCUT2D eigenvalue weighted by atomic mass is 10.00. The fourth-order valence-corrected chi connectivity index (χ4v) is 5.41. The van der Waals surface area contributed by atoms with Crippen molar-refractivity contribution >= 4 is 23.2 Å². The Balaban J connectivity index is 1.50. The molecule has 1 aliphatic rings. The lowest BCUT2D eigenvalue weighted by Crippen LogP contribution is -2.48. The summed E-state index contributed by atoms with van der Waals surface area (Å²) in [5.41, 5.74) is 2.66. The molecule has 2 aromatic carbocycles. The Kier molecular flexibility index (Phi) is 8.95. The van der Waals surface area contributed by atoms with Crippen molar-refractivity contribution in [2.45, 2.75) is 32.2 Å². The maximum Gasteiger partial charge on any atom is 0.254 e. The van der Waals surface area contributed by atoms with Crippen molar-refractivity contribution in [1.29, 1.82) is 0 Å². The number of nitrogens with zero attached hydrogens (tertiary/aromatic N) is 2. The van der Waals surface area contributed by atoms with Gasteiger partial charge in [-0.1, -0.05) is 26.0 Å². The minimum atomic E-state index is -0.419. The van der Waals surface area contributed by atoms with Crippen LogP contribution in [0.3, 0.4) is 0 Å². The Morgan fingerprint density at radius 1 is 1.11 bits per heavy atom. The van der Waals surface area contributed by atoms with Gasteiger partial charge in [0.05, 0.1) is 12.6 Å². The summed E-state index contributed by atoms with van der Waals surface area (Å²) < 4.78 is 24.7. The zero-order chi connectivity index (χ0) is 26.4. The molecule has 0 spiro atoms. The number of hydrogen-bond acceptors (Lipinski definition) is 5. The summed E-state index contributed by atoms with van der Waals surface area (Å²) in [6.45, 7) is 5.61. The third-order valence-corrected chi connectivity index (χ3v) is 7.64. The van der Waals surface area contributed by atoms with Crippen LogP contribution in [0.1, 0.15) is 52.2 Å². The van der Waals surface area contributed by atoms with Gasteiger partial charge in [-0.15, -0.1) is 11.3 Å². The van der Waals surface area contributed by atoms with E-state index in [0.717, 1.165) is 17.7 Å². The molecule has 0 unspecified atom stereocenters. The lowest BCUT2D eigenvalue weighted by Gasteiger charge is -2.37. The summed E-state index contributed by atoms with van der Waals surface area (Å²) in [7, 11) is 1.55. The molecule has 0 radical (unpaired) electrons. The molecule has 6 nitrogen and oxygen atoms in total. The number of amides is 2. The van der Waals surface area contributed by atoms with E-state index >= 15 is 0 Å². The Morgan fingerprint density at radius 3 is 2.51 bits per heavy atom. The summed E-state index contributed by atoms with van der Waals surface area (Å²) in [5, 5.41) is 2.05. The molecule has 8 heteroatoms. The van der Waals surface area contributed by atoms with Crippen LogP contribution in [-0.2, 0) is 16.0 Å². The van der Waals surface area contributed by atoms with Crippen molar-refractivity contribution in [3.8, 4) is 5.75 Å². The molecule has 0 fully saturated rings. The fraction of sp³-hybridized carbons (Fsp3) is 0.379. The summed E-state index contributed by atoms with van der Waals surface area (Å²) in [6.07, 6.45) is 0.766. The van der Waals surface area contributed by atoms with Gasteiger partial charge in [-0.3, -0.25) is 9.59 Å². The van der Waals surface area contributed by atoms with E-state index in [9.17, 15) is 14.0 Å². The zero-order valence-electron chi connectivity index (χ0n) is 21.5. The first-order valence-electron chi connectivity index (χ1n) is 12.5. The van der Waals surface area contributed by atoms with Crippen molar-refractivity contribution in [3.05, 3.63) is 87.4 Å². The van der Waals surface area contributed by atoms with Crippen LogP contribution in [-0.4, -0.2) is 61.6 Å². The van der Waals surface area contributed by atoms with Crippen LogP contribution in [0.2, 0.25) is 0 Å². The van der Waals surface area contributed by atoms with Crippen LogP contribution >= 0.6 is 11.3 Å². The number of ether oxygens (including phenoxy) is 2. The molecule has 3 aromatic rings. The second-order valence-electron chi connectivity index (χ2n) is 9.41. The van der Waals surface area contributed by atoms with Crippen LogP contribution in [0.5, 0.6) is 5.75 Å². The molecule has 196 valence electrons. The number of fused-ring (bicyclic) bond motifs is 1. The number of thiophene rings is 1. The molecule has 1 aliphatic heterocycles. The predicted octanol–water partition coefficient (Wildman–Crippen LogP) is 5.30. The minimum Gasteiger partial charge on any atom is -0.491 e. The fourth-order valence-electron chi connectivity index (χ4n) is 4.48. The molecule has 2 amide bonds. The van der Waals surface area contributed by atoms with Crippen molar-refractivity contribution in [2.75, 3.05) is 40.0 Å². The SMILES string of the molecule is COCCN(CC(=O)N1CCc2sccc2[C@H]1COc1ccc(C(C)C)cc1)C(=O)c1ccc(F)cc1. The van der Waals surface area contributed by atoms with Crippen molar-refractivity contribution in [2.24, 2.45) is 0 Å². The molecule has 0 saturated carbocycles. The molecule has 0 aliphatic carbocycles. The highest BCUT2D eigenvalue weighted by atomic mass is 32.1. The molecular formula is C29H33FN2O4S. The van der Waals surface area contributed by atoms with Gasteiger partial charge in [-0.05, 0) is 71.3 Å². The number of hydrogen-bond donors (Lipinski definition) is 0. The van der Waals surface area contributed by atoms with Crippen molar-refractivity contribution < 1.29 is 23.5 Å². The minimum absolute atomic E-state index is 0.0986. The first-order chi connectivity index (χ1) is 17.9. The summed E-state index contributed by atoms with van der Waals surface area (Å²) >= 11 is 1.69. The Labute approximate surface area is 221 Å². The molecule has 4 rings (SSSR count). The maximum atomic E-state index is 13.6. The van der Waals surface area contributed by atoms with Gasteiger partial charge in [0.15, 0.2) is 0 Å². The van der Waals surface area contributed by atoms with E-state index in [1.807, 2.05) is 22.4 Å². The topological polar surface area (TPSA) is 59.1 Å². The largest absolute Gasteiger partial charge is 0.491 e. The van der Waals surface area contributed by atoms with Crippen molar-refractivity contribution in [3.63, 3.8) is 0 Å². The highest BCUT2D eigenvalue weighted by molar-refractivity contribution is 7.10. The van der Waals surface area contributed by atoms with Crippen LogP contribution in [0.25, 0.3) is 0 Å². The lowest BCUT2D eigenvalue weighted by molar-refractivity contribution is -0.135. The van der Waals surface area contributed by atoms with Gasteiger partial charge in [0.2, 0.25) is 5.91 Å². The van der Waals surface area contributed by atoms with E-state index in [0.29, 0.717) is 24.6 Å². The summed E-state index contributed by atoms with van der Waals surface area (Å²) in [5.74, 6) is 0.279. The zero-order valence-corrected chi connectivity index (χ0v) is 22.3. The van der Waals surface area contributed by atoms with Gasteiger partial charge in [0.25, 0.3) is 5.91 Å². The highest BCUT2D eigenvalue weighted by Gasteiger charge is 2.33. The number of halogens is 1. The van der Waals surface area contributed by atoms with E-state index < -0.39 is 5.82 Å². The molecule has 0 bridgehead atoms. The third kappa shape index (κ3) is 6.56. The van der Waals surface area contributed by atoms with Crippen LogP contribution < -0.4 is 4.74 Å². The molecule has 0 saturated heterocycles. The van der Waals surface area contributed by atoms with E-state index in [-0.39, 0.29) is 37.6 Å². The quantitative estimate of drug-likeness (QED) is 0.361. The van der Waals surface area contributed by atoms with Gasteiger partial charge < -0.3 is 19.3 Å². The number of carbonyl (C=O) groups is 2. The number of methoxy groups -OCH3 is 1. The second kappa shape index (κ2) is 12.3. The average molecular weight is 525 g/mol. The van der Waals surface area contributed by atoms with E-state index in [1.54, 1.807) is 18.4 Å². The molecule has 0 N–H and O–H groups in total. The van der Waals surface area contributed by atoms with E-state index in [1.165, 1.54) is 39.6 Å².